The minimum atomic E-state index is -0.0416. The Balaban J connectivity index is 1.81. The van der Waals surface area contributed by atoms with E-state index in [0.717, 1.165) is 8.71 Å². The van der Waals surface area contributed by atoms with Crippen LogP contribution in [0.4, 0.5) is 0 Å². The van der Waals surface area contributed by atoms with E-state index in [9.17, 15) is 4.79 Å². The summed E-state index contributed by atoms with van der Waals surface area (Å²) >= 11 is 3.76. The number of thiophene rings is 1. The van der Waals surface area contributed by atoms with E-state index in [1.165, 1.54) is 0 Å². The Morgan fingerprint density at radius 3 is 3.06 bits per heavy atom. The molecule has 0 radical (unpaired) electrons. The average Bonchev–Trinajstić information content (AvgIpc) is 2.88. The molecule has 5 nitrogen and oxygen atoms in total. The highest BCUT2D eigenvalue weighted by Crippen LogP contribution is 2.16. The first-order valence-corrected chi connectivity index (χ1v) is 6.98. The Kier molecular flexibility index (Phi) is 4.11. The highest BCUT2D eigenvalue weighted by molar-refractivity contribution is 14.1. The molecule has 2 aromatic heterocycles. The SMILES string of the molecule is Cn1cnc(CCNC(=O)c2csc(I)c2)n1. The zero-order valence-corrected chi connectivity index (χ0v) is 12.2. The molecule has 1 N–H and O–H groups in total. The van der Waals surface area contributed by atoms with Gasteiger partial charge in [0.25, 0.3) is 5.91 Å². The van der Waals surface area contributed by atoms with Crippen LogP contribution in [-0.2, 0) is 13.5 Å². The normalized spacial score (nSPS) is 10.5. The maximum atomic E-state index is 11.7. The molecule has 0 bridgehead atoms. The predicted octanol–water partition coefficient (Wildman–Crippen LogP) is 1.45. The summed E-state index contributed by atoms with van der Waals surface area (Å²) < 4.78 is 2.76. The number of hydrogen-bond acceptors (Lipinski definition) is 4. The number of carbonyl (C=O) groups excluding carboxylic acids is 1. The maximum absolute atomic E-state index is 11.7. The Bertz CT molecular complexity index is 522. The van der Waals surface area contributed by atoms with Gasteiger partial charge in [-0.1, -0.05) is 0 Å². The van der Waals surface area contributed by atoms with E-state index in [4.69, 9.17) is 0 Å². The molecule has 2 heterocycles. The van der Waals surface area contributed by atoms with Gasteiger partial charge in [0, 0.05) is 25.4 Å². The van der Waals surface area contributed by atoms with Crippen molar-refractivity contribution in [1.82, 2.24) is 20.1 Å². The molecule has 2 aromatic rings. The largest absolute Gasteiger partial charge is 0.352 e. The quantitative estimate of drug-likeness (QED) is 0.838. The van der Waals surface area contributed by atoms with E-state index in [1.54, 1.807) is 22.3 Å². The molecular weight excluding hydrogens is 351 g/mol. The first-order chi connectivity index (χ1) is 8.15. The highest BCUT2D eigenvalue weighted by atomic mass is 127. The van der Waals surface area contributed by atoms with Crippen LogP contribution in [0.15, 0.2) is 17.8 Å². The lowest BCUT2D eigenvalue weighted by Crippen LogP contribution is -2.25. The second kappa shape index (κ2) is 5.58. The number of aryl methyl sites for hydroxylation is 1. The second-order valence-electron chi connectivity index (χ2n) is 3.48. The lowest BCUT2D eigenvalue weighted by atomic mass is 10.3. The van der Waals surface area contributed by atoms with Crippen LogP contribution in [0.3, 0.4) is 0 Å². The van der Waals surface area contributed by atoms with Gasteiger partial charge in [-0.2, -0.15) is 5.10 Å². The number of amides is 1. The molecule has 0 fully saturated rings. The third kappa shape index (κ3) is 3.50. The summed E-state index contributed by atoms with van der Waals surface area (Å²) in [5, 5.41) is 8.84. The molecule has 0 unspecified atom stereocenters. The Labute approximate surface area is 116 Å². The number of hydrogen-bond donors (Lipinski definition) is 1. The first kappa shape index (κ1) is 12.5. The lowest BCUT2D eigenvalue weighted by Gasteiger charge is -2.00. The van der Waals surface area contributed by atoms with Crippen LogP contribution < -0.4 is 5.32 Å². The average molecular weight is 362 g/mol. The van der Waals surface area contributed by atoms with E-state index < -0.39 is 0 Å². The number of carbonyl (C=O) groups is 1. The van der Waals surface area contributed by atoms with Crippen molar-refractivity contribution in [3.05, 3.63) is 32.0 Å². The molecule has 0 aliphatic carbocycles. The van der Waals surface area contributed by atoms with Crippen molar-refractivity contribution in [3.63, 3.8) is 0 Å². The summed E-state index contributed by atoms with van der Waals surface area (Å²) in [6, 6.07) is 1.87. The van der Waals surface area contributed by atoms with E-state index in [-0.39, 0.29) is 5.91 Å². The van der Waals surface area contributed by atoms with Crippen molar-refractivity contribution in [2.45, 2.75) is 6.42 Å². The number of rotatable bonds is 4. The zero-order valence-electron chi connectivity index (χ0n) is 9.18. The molecule has 0 saturated heterocycles. The number of aromatic nitrogens is 3. The first-order valence-electron chi connectivity index (χ1n) is 5.02. The van der Waals surface area contributed by atoms with E-state index in [2.05, 4.69) is 38.0 Å². The van der Waals surface area contributed by atoms with Gasteiger partial charge in [0.2, 0.25) is 0 Å². The molecule has 2 rings (SSSR count). The number of halogens is 1. The van der Waals surface area contributed by atoms with Gasteiger partial charge in [-0.25, -0.2) is 4.98 Å². The second-order valence-corrected chi connectivity index (χ2v) is 6.29. The minimum absolute atomic E-state index is 0.0416. The summed E-state index contributed by atoms with van der Waals surface area (Å²) in [6.07, 6.45) is 2.30. The molecular formula is C10H11IN4OS. The summed E-state index contributed by atoms with van der Waals surface area (Å²) in [7, 11) is 1.82. The van der Waals surface area contributed by atoms with Crippen molar-refractivity contribution in [2.75, 3.05) is 6.54 Å². The van der Waals surface area contributed by atoms with Gasteiger partial charge in [-0.05, 0) is 28.7 Å². The topological polar surface area (TPSA) is 59.8 Å². The third-order valence-corrected chi connectivity index (χ3v) is 3.90. The fourth-order valence-corrected chi connectivity index (χ4v) is 2.64. The van der Waals surface area contributed by atoms with Crippen molar-refractivity contribution in [1.29, 1.82) is 0 Å². The lowest BCUT2D eigenvalue weighted by molar-refractivity contribution is 0.0954. The van der Waals surface area contributed by atoms with Crippen LogP contribution in [-0.4, -0.2) is 27.2 Å². The monoisotopic (exact) mass is 362 g/mol. The molecule has 1 amide bonds. The fraction of sp³-hybridized carbons (Fsp3) is 0.300. The molecule has 0 aliphatic heterocycles. The smallest absolute Gasteiger partial charge is 0.252 e. The molecule has 90 valence electrons. The fourth-order valence-electron chi connectivity index (χ4n) is 1.32. The van der Waals surface area contributed by atoms with Crippen molar-refractivity contribution in [2.24, 2.45) is 7.05 Å². The van der Waals surface area contributed by atoms with Crippen molar-refractivity contribution >= 4 is 39.8 Å². The van der Waals surface area contributed by atoms with Crippen LogP contribution in [0, 0.1) is 2.88 Å². The summed E-state index contributed by atoms with van der Waals surface area (Å²) in [6.45, 7) is 0.551. The van der Waals surface area contributed by atoms with Crippen LogP contribution >= 0.6 is 33.9 Å². The van der Waals surface area contributed by atoms with E-state index >= 15 is 0 Å². The van der Waals surface area contributed by atoms with Crippen LogP contribution in [0.5, 0.6) is 0 Å². The molecule has 0 aromatic carbocycles. The van der Waals surface area contributed by atoms with E-state index in [1.807, 2.05) is 18.5 Å². The zero-order chi connectivity index (χ0) is 12.3. The predicted molar refractivity (Wildman–Crippen MR) is 74.1 cm³/mol. The van der Waals surface area contributed by atoms with Gasteiger partial charge in [0.1, 0.15) is 6.33 Å². The number of nitrogens with one attached hydrogen (secondary N) is 1. The van der Waals surface area contributed by atoms with E-state index in [0.29, 0.717) is 18.5 Å². The van der Waals surface area contributed by atoms with Gasteiger partial charge < -0.3 is 5.32 Å². The molecule has 0 aliphatic rings. The van der Waals surface area contributed by atoms with Gasteiger partial charge in [-0.15, -0.1) is 11.3 Å². The maximum Gasteiger partial charge on any atom is 0.252 e. The Morgan fingerprint density at radius 2 is 2.47 bits per heavy atom. The third-order valence-electron chi connectivity index (χ3n) is 2.11. The van der Waals surface area contributed by atoms with Gasteiger partial charge in [0.15, 0.2) is 5.82 Å². The van der Waals surface area contributed by atoms with Crippen LogP contribution in [0.2, 0.25) is 0 Å². The minimum Gasteiger partial charge on any atom is -0.352 e. The standard InChI is InChI=1S/C10H11IN4OS/c1-15-6-13-9(14-15)2-3-12-10(16)7-4-8(11)17-5-7/h4-6H,2-3H2,1H3,(H,12,16). The Hall–Kier alpha value is -0.960. The Morgan fingerprint density at radius 1 is 1.65 bits per heavy atom. The number of nitrogens with zero attached hydrogens (tertiary/aromatic N) is 3. The van der Waals surface area contributed by atoms with Crippen LogP contribution in [0.1, 0.15) is 16.2 Å². The van der Waals surface area contributed by atoms with Crippen molar-refractivity contribution < 1.29 is 4.79 Å². The molecule has 0 spiro atoms. The van der Waals surface area contributed by atoms with Crippen molar-refractivity contribution in [3.8, 4) is 0 Å². The molecule has 17 heavy (non-hydrogen) atoms. The molecule has 7 heteroatoms. The van der Waals surface area contributed by atoms with Crippen LogP contribution in [0.25, 0.3) is 0 Å². The van der Waals surface area contributed by atoms with Gasteiger partial charge in [-0.3, -0.25) is 9.48 Å². The highest BCUT2D eigenvalue weighted by Gasteiger charge is 2.07. The van der Waals surface area contributed by atoms with Gasteiger partial charge in [0.05, 0.1) is 8.45 Å². The molecule has 0 atom stereocenters. The summed E-state index contributed by atoms with van der Waals surface area (Å²) in [5.41, 5.74) is 0.716. The summed E-state index contributed by atoms with van der Waals surface area (Å²) in [4.78, 5) is 15.8. The van der Waals surface area contributed by atoms with Gasteiger partial charge >= 0.3 is 0 Å². The summed E-state index contributed by atoms with van der Waals surface area (Å²) in [5.74, 6) is 0.702. The molecule has 0 saturated carbocycles.